The number of hydrogen-bond donors (Lipinski definition) is 0. The van der Waals surface area contributed by atoms with E-state index in [0.29, 0.717) is 0 Å². The van der Waals surface area contributed by atoms with Crippen molar-refractivity contribution in [2.75, 3.05) is 0 Å². The third-order valence-corrected chi connectivity index (χ3v) is 4.29. The van der Waals surface area contributed by atoms with Crippen LogP contribution in [0.1, 0.15) is 12.5 Å². The molecule has 0 saturated heterocycles. The van der Waals surface area contributed by atoms with Crippen LogP contribution in [0.25, 0.3) is 21.8 Å². The molecule has 0 aliphatic heterocycles. The van der Waals surface area contributed by atoms with Crippen molar-refractivity contribution in [2.45, 2.75) is 13.3 Å². The molecule has 2 heterocycles. The first-order chi connectivity index (χ1) is 10.7. The third-order valence-electron chi connectivity index (χ3n) is 3.40. The average molecular weight is 311 g/mol. The number of benzene rings is 1. The summed E-state index contributed by atoms with van der Waals surface area (Å²) in [6.07, 6.45) is 4.53. The minimum Gasteiger partial charge on any atom is -0.264 e. The summed E-state index contributed by atoms with van der Waals surface area (Å²) in [5, 5.41) is 13.5. The molecule has 1 aromatic carbocycles. The Balaban J connectivity index is 1.95. The maximum Gasteiger partial charge on any atom is 0.269 e. The van der Waals surface area contributed by atoms with Gasteiger partial charge in [0.05, 0.1) is 10.6 Å². The molecule has 0 radical (unpaired) electrons. The van der Waals surface area contributed by atoms with E-state index in [1.165, 1.54) is 29.0 Å². The molecule has 0 aliphatic carbocycles. The summed E-state index contributed by atoms with van der Waals surface area (Å²) in [7, 11) is 0. The molecule has 0 aliphatic rings. The molecule has 0 unspecified atom stereocenters. The summed E-state index contributed by atoms with van der Waals surface area (Å²) in [4.78, 5) is 19.1. The van der Waals surface area contributed by atoms with Crippen molar-refractivity contribution in [3.05, 3.63) is 63.8 Å². The van der Waals surface area contributed by atoms with Gasteiger partial charge in [-0.2, -0.15) is 0 Å². The van der Waals surface area contributed by atoms with Crippen LogP contribution < -0.4 is 0 Å². The normalized spacial score (nSPS) is 10.6. The van der Waals surface area contributed by atoms with Crippen molar-refractivity contribution < 1.29 is 4.92 Å². The Morgan fingerprint density at radius 3 is 2.68 bits per heavy atom. The first-order valence-electron chi connectivity index (χ1n) is 6.82. The zero-order valence-electron chi connectivity index (χ0n) is 11.9. The van der Waals surface area contributed by atoms with Crippen LogP contribution in [0.2, 0.25) is 0 Å². The zero-order chi connectivity index (χ0) is 15.5. The van der Waals surface area contributed by atoms with E-state index in [1.807, 2.05) is 17.6 Å². The molecular weight excluding hydrogens is 298 g/mol. The van der Waals surface area contributed by atoms with Crippen LogP contribution >= 0.6 is 11.3 Å². The Bertz CT molecular complexity index is 812. The van der Waals surface area contributed by atoms with Crippen LogP contribution in [0.3, 0.4) is 0 Å². The average Bonchev–Trinajstić information content (AvgIpc) is 3.04. The van der Waals surface area contributed by atoms with Crippen molar-refractivity contribution in [1.29, 1.82) is 0 Å². The van der Waals surface area contributed by atoms with Crippen molar-refractivity contribution >= 4 is 17.0 Å². The fraction of sp³-hybridized carbons (Fsp3) is 0.125. The van der Waals surface area contributed by atoms with E-state index in [1.54, 1.807) is 18.3 Å². The molecule has 6 heteroatoms. The predicted molar refractivity (Wildman–Crippen MR) is 86.8 cm³/mol. The van der Waals surface area contributed by atoms with Crippen molar-refractivity contribution in [3.8, 4) is 21.8 Å². The molecule has 0 saturated carbocycles. The van der Waals surface area contributed by atoms with Crippen molar-refractivity contribution in [1.82, 2.24) is 9.97 Å². The van der Waals surface area contributed by atoms with Crippen LogP contribution in [-0.4, -0.2) is 14.9 Å². The topological polar surface area (TPSA) is 68.9 Å². The number of hydrogen-bond acceptors (Lipinski definition) is 5. The molecule has 110 valence electrons. The predicted octanol–water partition coefficient (Wildman–Crippen LogP) is 4.34. The van der Waals surface area contributed by atoms with E-state index in [0.717, 1.165) is 28.2 Å². The van der Waals surface area contributed by atoms with Gasteiger partial charge in [0.1, 0.15) is 5.01 Å². The van der Waals surface area contributed by atoms with Gasteiger partial charge in [-0.05, 0) is 30.2 Å². The summed E-state index contributed by atoms with van der Waals surface area (Å²) < 4.78 is 0. The minimum absolute atomic E-state index is 0.0843. The molecule has 0 amide bonds. The fourth-order valence-corrected chi connectivity index (χ4v) is 3.04. The molecule has 5 nitrogen and oxygen atoms in total. The molecule has 0 atom stereocenters. The number of nitro benzene ring substituents is 1. The molecule has 2 aromatic heterocycles. The number of aromatic nitrogens is 2. The van der Waals surface area contributed by atoms with Crippen LogP contribution in [0.15, 0.2) is 48.1 Å². The van der Waals surface area contributed by atoms with Crippen LogP contribution in [0.4, 0.5) is 5.69 Å². The van der Waals surface area contributed by atoms with E-state index < -0.39 is 4.92 Å². The monoisotopic (exact) mass is 311 g/mol. The van der Waals surface area contributed by atoms with Crippen LogP contribution in [0, 0.1) is 10.1 Å². The molecule has 0 fully saturated rings. The highest BCUT2D eigenvalue weighted by Gasteiger charge is 2.11. The molecule has 0 N–H and O–H groups in total. The Hall–Kier alpha value is -2.60. The number of thiazole rings is 1. The molecule has 22 heavy (non-hydrogen) atoms. The molecular formula is C16H13N3O2S. The first-order valence-corrected chi connectivity index (χ1v) is 7.70. The lowest BCUT2D eigenvalue weighted by Gasteiger charge is -2.03. The second kappa shape index (κ2) is 6.03. The van der Waals surface area contributed by atoms with Gasteiger partial charge in [0.25, 0.3) is 5.69 Å². The number of nitro groups is 1. The summed E-state index contributed by atoms with van der Waals surface area (Å²) in [6.45, 7) is 2.10. The van der Waals surface area contributed by atoms with E-state index in [-0.39, 0.29) is 5.69 Å². The number of pyridine rings is 1. The number of aryl methyl sites for hydroxylation is 1. The Morgan fingerprint density at radius 2 is 2.00 bits per heavy atom. The fourth-order valence-electron chi connectivity index (χ4n) is 2.22. The largest absolute Gasteiger partial charge is 0.269 e. The van der Waals surface area contributed by atoms with Crippen LogP contribution in [-0.2, 0) is 6.42 Å². The first kappa shape index (κ1) is 14.3. The highest BCUT2D eigenvalue weighted by Crippen LogP contribution is 2.31. The highest BCUT2D eigenvalue weighted by atomic mass is 32.1. The van der Waals surface area contributed by atoms with Crippen LogP contribution in [0.5, 0.6) is 0 Å². The number of nitrogens with zero attached hydrogens (tertiary/aromatic N) is 3. The van der Waals surface area contributed by atoms with Gasteiger partial charge in [-0.1, -0.05) is 6.92 Å². The Kier molecular flexibility index (Phi) is 3.93. The van der Waals surface area contributed by atoms with Gasteiger partial charge in [-0.3, -0.25) is 15.1 Å². The lowest BCUT2D eigenvalue weighted by molar-refractivity contribution is -0.384. The lowest BCUT2D eigenvalue weighted by atomic mass is 10.1. The standard InChI is InChI=1S/C16H13N3O2S/c1-2-11-7-8-17-9-14(11)15-10-22-16(18-15)12-3-5-13(6-4-12)19(20)21/h3-10H,2H2,1H3. The van der Waals surface area contributed by atoms with Crippen molar-refractivity contribution in [3.63, 3.8) is 0 Å². The quantitative estimate of drug-likeness (QED) is 0.531. The number of rotatable bonds is 4. The smallest absolute Gasteiger partial charge is 0.264 e. The summed E-state index contributed by atoms with van der Waals surface area (Å²) in [6, 6.07) is 8.45. The summed E-state index contributed by atoms with van der Waals surface area (Å²) in [5.74, 6) is 0. The highest BCUT2D eigenvalue weighted by molar-refractivity contribution is 7.13. The Morgan fingerprint density at radius 1 is 1.23 bits per heavy atom. The summed E-state index contributed by atoms with van der Waals surface area (Å²) >= 11 is 1.52. The van der Waals surface area contributed by atoms with Gasteiger partial charge < -0.3 is 0 Å². The van der Waals surface area contributed by atoms with Gasteiger partial charge in [0, 0.05) is 41.0 Å². The second-order valence-electron chi connectivity index (χ2n) is 4.73. The molecule has 0 spiro atoms. The Labute approximate surface area is 131 Å². The zero-order valence-corrected chi connectivity index (χ0v) is 12.7. The number of non-ortho nitro benzene ring substituents is 1. The lowest BCUT2D eigenvalue weighted by Crippen LogP contribution is -1.89. The molecule has 0 bridgehead atoms. The van der Waals surface area contributed by atoms with Gasteiger partial charge in [-0.25, -0.2) is 4.98 Å². The van der Waals surface area contributed by atoms with Gasteiger partial charge >= 0.3 is 0 Å². The van der Waals surface area contributed by atoms with Gasteiger partial charge in [0.15, 0.2) is 0 Å². The molecule has 3 aromatic rings. The second-order valence-corrected chi connectivity index (χ2v) is 5.59. The van der Waals surface area contributed by atoms with E-state index in [9.17, 15) is 10.1 Å². The SMILES string of the molecule is CCc1ccncc1-c1csc(-c2ccc([N+](=O)[O-])cc2)n1. The van der Waals surface area contributed by atoms with Gasteiger partial charge in [0.2, 0.25) is 0 Å². The summed E-state index contributed by atoms with van der Waals surface area (Å²) in [5.41, 5.74) is 4.10. The maximum atomic E-state index is 10.7. The minimum atomic E-state index is -0.403. The molecule has 3 rings (SSSR count). The van der Waals surface area contributed by atoms with Gasteiger partial charge in [-0.15, -0.1) is 11.3 Å². The maximum absolute atomic E-state index is 10.7. The van der Waals surface area contributed by atoms with Crippen molar-refractivity contribution in [2.24, 2.45) is 0 Å². The van der Waals surface area contributed by atoms with E-state index in [4.69, 9.17) is 0 Å². The van der Waals surface area contributed by atoms with E-state index >= 15 is 0 Å². The third kappa shape index (κ3) is 2.73. The van der Waals surface area contributed by atoms with E-state index in [2.05, 4.69) is 16.9 Å².